The molecular weight excluding hydrogens is 276 g/mol. The molecule has 0 atom stereocenters. The summed E-state index contributed by atoms with van der Waals surface area (Å²) in [6, 6.07) is 14.3. The fourth-order valence-corrected chi connectivity index (χ4v) is 2.87. The lowest BCUT2D eigenvalue weighted by atomic mass is 10.0. The highest BCUT2D eigenvalue weighted by Gasteiger charge is 2.22. The quantitative estimate of drug-likeness (QED) is 0.574. The Hall–Kier alpha value is -2.77. The number of hydrazine groups is 1. The van der Waals surface area contributed by atoms with Crippen LogP contribution >= 0.6 is 0 Å². The van der Waals surface area contributed by atoms with Gasteiger partial charge in [0.15, 0.2) is 0 Å². The number of amides is 1. The van der Waals surface area contributed by atoms with Gasteiger partial charge in [-0.15, -0.1) is 6.42 Å². The zero-order chi connectivity index (χ0) is 15.5. The molecule has 110 valence electrons. The van der Waals surface area contributed by atoms with Crippen LogP contribution in [0, 0.1) is 12.3 Å². The van der Waals surface area contributed by atoms with Crippen molar-refractivity contribution < 1.29 is 9.90 Å². The van der Waals surface area contributed by atoms with E-state index in [1.807, 2.05) is 24.3 Å². The van der Waals surface area contributed by atoms with Crippen LogP contribution in [0.3, 0.4) is 0 Å². The highest BCUT2D eigenvalue weighted by Crippen LogP contribution is 2.38. The van der Waals surface area contributed by atoms with Crippen molar-refractivity contribution in [2.45, 2.75) is 13.0 Å². The van der Waals surface area contributed by atoms with Gasteiger partial charge in [0.2, 0.25) is 0 Å². The Morgan fingerprint density at radius 1 is 1.23 bits per heavy atom. The Bertz CT molecular complexity index is 762. The number of rotatable bonds is 4. The molecule has 2 aromatic rings. The van der Waals surface area contributed by atoms with Gasteiger partial charge in [-0.3, -0.25) is 0 Å². The van der Waals surface area contributed by atoms with Gasteiger partial charge in [0, 0.05) is 0 Å². The monoisotopic (exact) mass is 292 g/mol. The lowest BCUT2D eigenvalue weighted by Crippen LogP contribution is -2.41. The van der Waals surface area contributed by atoms with E-state index >= 15 is 0 Å². The summed E-state index contributed by atoms with van der Waals surface area (Å²) >= 11 is 0. The molecule has 1 aliphatic rings. The van der Waals surface area contributed by atoms with Crippen LogP contribution in [0.25, 0.3) is 11.1 Å². The third kappa shape index (κ3) is 2.54. The molecule has 4 heteroatoms. The Kier molecular flexibility index (Phi) is 3.82. The maximum atomic E-state index is 11.3. The van der Waals surface area contributed by atoms with E-state index in [0.29, 0.717) is 0 Å². The third-order valence-corrected chi connectivity index (χ3v) is 3.88. The number of carboxylic acid groups (broad SMARTS) is 1. The second-order valence-corrected chi connectivity index (χ2v) is 5.18. The average Bonchev–Trinajstić information content (AvgIpc) is 2.90. The second-order valence-electron chi connectivity index (χ2n) is 5.18. The summed E-state index contributed by atoms with van der Waals surface area (Å²) in [6.45, 7) is 0.454. The van der Waals surface area contributed by atoms with Gasteiger partial charge in [0.25, 0.3) is 0 Å². The molecule has 0 aliphatic heterocycles. The standard InChI is InChI=1S/C18H16N2O2/c1-2-10-19-20(18(21)22)12-14-7-5-9-16-15-8-4-3-6-13(15)11-17(14)16/h1,3-9,19H,10-12H2,(H,21,22). The van der Waals surface area contributed by atoms with Crippen LogP contribution in [0.15, 0.2) is 42.5 Å². The first kappa shape index (κ1) is 14.2. The number of hydrogen-bond donors (Lipinski definition) is 2. The van der Waals surface area contributed by atoms with Gasteiger partial charge in [-0.25, -0.2) is 15.2 Å². The fourth-order valence-electron chi connectivity index (χ4n) is 2.87. The van der Waals surface area contributed by atoms with Crippen molar-refractivity contribution in [3.05, 3.63) is 59.2 Å². The van der Waals surface area contributed by atoms with Crippen LogP contribution < -0.4 is 5.43 Å². The molecule has 0 heterocycles. The second kappa shape index (κ2) is 5.92. The van der Waals surface area contributed by atoms with Crippen molar-refractivity contribution in [1.29, 1.82) is 0 Å². The molecular formula is C18H16N2O2. The van der Waals surface area contributed by atoms with E-state index in [1.54, 1.807) is 0 Å². The first-order valence-corrected chi connectivity index (χ1v) is 7.07. The Balaban J connectivity index is 1.91. The minimum atomic E-state index is -1.04. The van der Waals surface area contributed by atoms with E-state index in [2.05, 4.69) is 29.5 Å². The molecule has 1 amide bonds. The molecule has 0 spiro atoms. The average molecular weight is 292 g/mol. The molecule has 0 saturated carbocycles. The van der Waals surface area contributed by atoms with E-state index in [-0.39, 0.29) is 13.1 Å². The molecule has 0 radical (unpaired) electrons. The number of hydrogen-bond acceptors (Lipinski definition) is 2. The van der Waals surface area contributed by atoms with Crippen LogP contribution in [-0.4, -0.2) is 22.8 Å². The normalized spacial score (nSPS) is 11.4. The number of nitrogens with one attached hydrogen (secondary N) is 1. The van der Waals surface area contributed by atoms with Crippen molar-refractivity contribution in [2.75, 3.05) is 6.54 Å². The third-order valence-electron chi connectivity index (χ3n) is 3.88. The van der Waals surface area contributed by atoms with Gasteiger partial charge in [0.1, 0.15) is 0 Å². The number of nitrogens with zero attached hydrogens (tertiary/aromatic N) is 1. The lowest BCUT2D eigenvalue weighted by molar-refractivity contribution is 0.119. The maximum Gasteiger partial charge on any atom is 0.422 e. The predicted octanol–water partition coefficient (Wildman–Crippen LogP) is 2.88. The predicted molar refractivity (Wildman–Crippen MR) is 85.1 cm³/mol. The molecule has 0 unspecified atom stereocenters. The topological polar surface area (TPSA) is 52.6 Å². The largest absolute Gasteiger partial charge is 0.464 e. The Labute approximate surface area is 129 Å². The maximum absolute atomic E-state index is 11.3. The number of terminal acetylenes is 1. The molecule has 0 saturated heterocycles. The lowest BCUT2D eigenvalue weighted by Gasteiger charge is -2.20. The van der Waals surface area contributed by atoms with Crippen LogP contribution in [0.5, 0.6) is 0 Å². The zero-order valence-corrected chi connectivity index (χ0v) is 12.0. The van der Waals surface area contributed by atoms with Crippen molar-refractivity contribution in [2.24, 2.45) is 0 Å². The van der Waals surface area contributed by atoms with E-state index in [9.17, 15) is 9.90 Å². The summed E-state index contributed by atoms with van der Waals surface area (Å²) in [5.41, 5.74) is 8.63. The minimum absolute atomic E-state index is 0.182. The van der Waals surface area contributed by atoms with Gasteiger partial charge in [-0.05, 0) is 34.2 Å². The number of fused-ring (bicyclic) bond motifs is 3. The summed E-state index contributed by atoms with van der Waals surface area (Å²) in [5.74, 6) is 2.39. The molecule has 22 heavy (non-hydrogen) atoms. The van der Waals surface area contributed by atoms with Gasteiger partial charge < -0.3 is 5.11 Å². The van der Waals surface area contributed by atoms with E-state index in [4.69, 9.17) is 6.42 Å². The molecule has 0 fully saturated rings. The first-order chi connectivity index (χ1) is 10.7. The number of carbonyl (C=O) groups is 1. The first-order valence-electron chi connectivity index (χ1n) is 7.07. The Morgan fingerprint density at radius 2 is 2.00 bits per heavy atom. The van der Waals surface area contributed by atoms with Crippen LogP contribution in [0.4, 0.5) is 4.79 Å². The molecule has 2 aromatic carbocycles. The minimum Gasteiger partial charge on any atom is -0.464 e. The fraction of sp³-hybridized carbons (Fsp3) is 0.167. The summed E-state index contributed by atoms with van der Waals surface area (Å²) in [7, 11) is 0. The van der Waals surface area contributed by atoms with Gasteiger partial charge in [-0.1, -0.05) is 48.4 Å². The molecule has 2 N–H and O–H groups in total. The highest BCUT2D eigenvalue weighted by atomic mass is 16.4. The SMILES string of the molecule is C#CCNN(Cc1cccc2c1Cc1ccccc1-2)C(=O)O. The summed E-state index contributed by atoms with van der Waals surface area (Å²) in [4.78, 5) is 11.3. The zero-order valence-electron chi connectivity index (χ0n) is 12.0. The Morgan fingerprint density at radius 3 is 2.77 bits per heavy atom. The van der Waals surface area contributed by atoms with Crippen molar-refractivity contribution in [3.63, 3.8) is 0 Å². The molecule has 4 nitrogen and oxygen atoms in total. The number of benzene rings is 2. The van der Waals surface area contributed by atoms with Crippen LogP contribution in [0.1, 0.15) is 16.7 Å². The van der Waals surface area contributed by atoms with Gasteiger partial charge in [0.05, 0.1) is 13.1 Å². The van der Waals surface area contributed by atoms with E-state index in [1.165, 1.54) is 22.3 Å². The summed E-state index contributed by atoms with van der Waals surface area (Å²) < 4.78 is 0. The smallest absolute Gasteiger partial charge is 0.422 e. The van der Waals surface area contributed by atoms with Crippen LogP contribution in [0.2, 0.25) is 0 Å². The van der Waals surface area contributed by atoms with Gasteiger partial charge in [-0.2, -0.15) is 0 Å². The van der Waals surface area contributed by atoms with Crippen molar-refractivity contribution in [1.82, 2.24) is 10.4 Å². The summed E-state index contributed by atoms with van der Waals surface area (Å²) in [6.07, 6.45) is 4.98. The molecule has 3 rings (SSSR count). The highest BCUT2D eigenvalue weighted by molar-refractivity contribution is 5.78. The van der Waals surface area contributed by atoms with E-state index in [0.717, 1.165) is 17.0 Å². The molecule has 1 aliphatic carbocycles. The van der Waals surface area contributed by atoms with E-state index < -0.39 is 6.09 Å². The van der Waals surface area contributed by atoms with Crippen molar-refractivity contribution in [3.8, 4) is 23.5 Å². The molecule has 0 bridgehead atoms. The van der Waals surface area contributed by atoms with Gasteiger partial charge >= 0.3 is 6.09 Å². The summed E-state index contributed by atoms with van der Waals surface area (Å²) in [5, 5.41) is 10.4. The molecule has 0 aromatic heterocycles. The van der Waals surface area contributed by atoms with Crippen LogP contribution in [-0.2, 0) is 13.0 Å². The van der Waals surface area contributed by atoms with Crippen molar-refractivity contribution >= 4 is 6.09 Å².